The molecule has 2 rings (SSSR count). The van der Waals surface area contributed by atoms with Crippen LogP contribution in [-0.4, -0.2) is 10.9 Å². The Balaban J connectivity index is 2.58. The number of carbonyl (C=O) groups is 1. The van der Waals surface area contributed by atoms with Crippen LogP contribution in [0.15, 0.2) is 24.8 Å². The zero-order valence-corrected chi connectivity index (χ0v) is 13.9. The largest absolute Gasteiger partial charge is 0.508 e. The first-order valence-electron chi connectivity index (χ1n) is 7.76. The number of hydrogen-bond acceptors (Lipinski definition) is 2. The van der Waals surface area contributed by atoms with Gasteiger partial charge < -0.3 is 5.11 Å². The summed E-state index contributed by atoms with van der Waals surface area (Å²) in [5.41, 5.74) is 4.11. The van der Waals surface area contributed by atoms with Gasteiger partial charge in [0, 0.05) is 12.3 Å². The highest BCUT2D eigenvalue weighted by Gasteiger charge is 2.14. The zero-order valence-electron chi connectivity index (χ0n) is 13.9. The summed E-state index contributed by atoms with van der Waals surface area (Å²) in [5, 5.41) is 12.3. The summed E-state index contributed by atoms with van der Waals surface area (Å²) in [7, 11) is 0. The van der Waals surface area contributed by atoms with Crippen molar-refractivity contribution in [2.75, 3.05) is 0 Å². The maximum Gasteiger partial charge on any atom is 0.135 e. The van der Waals surface area contributed by atoms with E-state index in [1.807, 2.05) is 26.8 Å². The molecule has 2 aromatic carbocycles. The van der Waals surface area contributed by atoms with Gasteiger partial charge in [-0.1, -0.05) is 38.6 Å². The van der Waals surface area contributed by atoms with Gasteiger partial charge in [0.25, 0.3) is 0 Å². The smallest absolute Gasteiger partial charge is 0.135 e. The lowest BCUT2D eigenvalue weighted by molar-refractivity contribution is -0.121. The predicted molar refractivity (Wildman–Crippen MR) is 93.3 cm³/mol. The molecule has 2 aromatic rings. The van der Waals surface area contributed by atoms with Gasteiger partial charge in [-0.15, -0.1) is 0 Å². The van der Waals surface area contributed by atoms with Gasteiger partial charge in [-0.3, -0.25) is 4.79 Å². The predicted octanol–water partition coefficient (Wildman–Crippen LogP) is 4.96. The van der Waals surface area contributed by atoms with E-state index in [0.29, 0.717) is 12.8 Å². The van der Waals surface area contributed by atoms with Crippen molar-refractivity contribution in [1.29, 1.82) is 0 Å². The van der Waals surface area contributed by atoms with Crippen LogP contribution in [0.3, 0.4) is 0 Å². The fraction of sp³-hybridized carbons (Fsp3) is 0.350. The second kappa shape index (κ2) is 6.35. The minimum Gasteiger partial charge on any atom is -0.508 e. The van der Waals surface area contributed by atoms with Crippen LogP contribution in [0.25, 0.3) is 16.8 Å². The second-order valence-electron chi connectivity index (χ2n) is 6.22. The number of hydrogen-bond donors (Lipinski definition) is 1. The molecule has 0 saturated heterocycles. The van der Waals surface area contributed by atoms with Crippen LogP contribution in [0, 0.1) is 19.8 Å². The van der Waals surface area contributed by atoms with E-state index in [2.05, 4.69) is 25.6 Å². The Morgan fingerprint density at radius 3 is 2.55 bits per heavy atom. The number of benzene rings is 2. The first-order valence-corrected chi connectivity index (χ1v) is 7.76. The molecule has 116 valence electrons. The average Bonchev–Trinajstić information content (AvgIpc) is 2.47. The van der Waals surface area contributed by atoms with Gasteiger partial charge >= 0.3 is 0 Å². The van der Waals surface area contributed by atoms with E-state index in [1.165, 1.54) is 0 Å². The molecule has 0 heterocycles. The third-order valence-corrected chi connectivity index (χ3v) is 4.42. The molecule has 2 heteroatoms. The lowest BCUT2D eigenvalue weighted by Crippen LogP contribution is -2.08. The van der Waals surface area contributed by atoms with Gasteiger partial charge in [-0.05, 0) is 59.4 Å². The molecule has 0 aliphatic heterocycles. The van der Waals surface area contributed by atoms with Crippen molar-refractivity contribution < 1.29 is 9.90 Å². The highest BCUT2D eigenvalue weighted by Crippen LogP contribution is 2.34. The van der Waals surface area contributed by atoms with Crippen LogP contribution >= 0.6 is 0 Å². The van der Waals surface area contributed by atoms with Crippen LogP contribution in [-0.2, 0) is 11.2 Å². The van der Waals surface area contributed by atoms with Crippen LogP contribution in [0.5, 0.6) is 5.75 Å². The monoisotopic (exact) mass is 296 g/mol. The highest BCUT2D eigenvalue weighted by molar-refractivity contribution is 5.96. The Morgan fingerprint density at radius 2 is 1.95 bits per heavy atom. The summed E-state index contributed by atoms with van der Waals surface area (Å²) < 4.78 is 0. The normalized spacial score (nSPS) is 11.1. The van der Waals surface area contributed by atoms with Crippen LogP contribution < -0.4 is 0 Å². The SMILES string of the molecule is C=Cc1c(C)c(O)cc2c(CCC(=O)C(C)C)c(C)ccc12. The van der Waals surface area contributed by atoms with E-state index in [1.54, 1.807) is 6.08 Å². The van der Waals surface area contributed by atoms with Crippen molar-refractivity contribution in [2.24, 2.45) is 5.92 Å². The molecule has 0 radical (unpaired) electrons. The molecule has 0 saturated carbocycles. The van der Waals surface area contributed by atoms with Gasteiger partial charge in [0.2, 0.25) is 0 Å². The Kier molecular flexibility index (Phi) is 4.70. The minimum absolute atomic E-state index is 0.0645. The topological polar surface area (TPSA) is 37.3 Å². The number of phenolic OH excluding ortho intramolecular Hbond substituents is 1. The number of fused-ring (bicyclic) bond motifs is 1. The number of Topliss-reactive ketones (excluding diaryl/α,β-unsaturated/α-hetero) is 1. The van der Waals surface area contributed by atoms with Gasteiger partial charge in [0.1, 0.15) is 11.5 Å². The molecule has 0 amide bonds. The quantitative estimate of drug-likeness (QED) is 0.846. The fourth-order valence-electron chi connectivity index (χ4n) is 2.89. The number of rotatable bonds is 5. The maximum atomic E-state index is 11.9. The molecule has 2 nitrogen and oxygen atoms in total. The standard InChI is InChI=1S/C20H24O2/c1-6-15-14(5)20(22)11-18-16(9-10-19(21)12(2)3)13(4)7-8-17(15)18/h6-8,11-12,22H,1,9-10H2,2-5H3. The first kappa shape index (κ1) is 16.3. The molecular formula is C20H24O2. The molecule has 0 unspecified atom stereocenters. The third kappa shape index (κ3) is 2.92. The number of ketones is 1. The molecule has 0 bridgehead atoms. The Labute approximate surface area is 132 Å². The van der Waals surface area contributed by atoms with Crippen molar-refractivity contribution in [2.45, 2.75) is 40.5 Å². The van der Waals surface area contributed by atoms with E-state index in [0.717, 1.165) is 33.0 Å². The highest BCUT2D eigenvalue weighted by atomic mass is 16.3. The van der Waals surface area contributed by atoms with E-state index in [9.17, 15) is 9.90 Å². The summed E-state index contributed by atoms with van der Waals surface area (Å²) in [4.78, 5) is 11.9. The second-order valence-corrected chi connectivity index (χ2v) is 6.22. The molecule has 0 fully saturated rings. The van der Waals surface area contributed by atoms with E-state index in [-0.39, 0.29) is 17.5 Å². The van der Waals surface area contributed by atoms with Gasteiger partial charge in [-0.2, -0.15) is 0 Å². The molecular weight excluding hydrogens is 272 g/mol. The number of aryl methyl sites for hydroxylation is 2. The number of aromatic hydroxyl groups is 1. The van der Waals surface area contributed by atoms with Crippen molar-refractivity contribution in [3.8, 4) is 5.75 Å². The fourth-order valence-corrected chi connectivity index (χ4v) is 2.89. The average molecular weight is 296 g/mol. The Morgan fingerprint density at radius 1 is 1.27 bits per heavy atom. The molecule has 0 atom stereocenters. The Bertz CT molecular complexity index is 739. The number of phenols is 1. The molecule has 0 aliphatic carbocycles. The van der Waals surface area contributed by atoms with Crippen molar-refractivity contribution in [3.05, 3.63) is 47.0 Å². The van der Waals surface area contributed by atoms with Crippen molar-refractivity contribution in [3.63, 3.8) is 0 Å². The Hall–Kier alpha value is -2.09. The van der Waals surface area contributed by atoms with E-state index >= 15 is 0 Å². The zero-order chi connectivity index (χ0) is 16.4. The van der Waals surface area contributed by atoms with Crippen LogP contribution in [0.1, 0.15) is 42.5 Å². The van der Waals surface area contributed by atoms with Crippen LogP contribution in [0.4, 0.5) is 0 Å². The van der Waals surface area contributed by atoms with Crippen molar-refractivity contribution in [1.82, 2.24) is 0 Å². The minimum atomic E-state index is 0.0645. The summed E-state index contributed by atoms with van der Waals surface area (Å²) >= 11 is 0. The molecule has 1 N–H and O–H groups in total. The third-order valence-electron chi connectivity index (χ3n) is 4.42. The maximum absolute atomic E-state index is 11.9. The lowest BCUT2D eigenvalue weighted by atomic mass is 9.90. The van der Waals surface area contributed by atoms with Crippen molar-refractivity contribution >= 4 is 22.6 Å². The van der Waals surface area contributed by atoms with Gasteiger partial charge in [0.05, 0.1) is 0 Å². The van der Waals surface area contributed by atoms with E-state index in [4.69, 9.17) is 0 Å². The van der Waals surface area contributed by atoms with Gasteiger partial charge in [-0.25, -0.2) is 0 Å². The number of carbonyl (C=O) groups excluding carboxylic acids is 1. The lowest BCUT2D eigenvalue weighted by Gasteiger charge is -2.15. The summed E-state index contributed by atoms with van der Waals surface area (Å²) in [6.07, 6.45) is 3.03. The van der Waals surface area contributed by atoms with Gasteiger partial charge in [0.15, 0.2) is 0 Å². The molecule has 22 heavy (non-hydrogen) atoms. The summed E-state index contributed by atoms with van der Waals surface area (Å²) in [6.45, 7) is 11.7. The summed E-state index contributed by atoms with van der Waals surface area (Å²) in [6, 6.07) is 5.97. The van der Waals surface area contributed by atoms with Crippen LogP contribution in [0.2, 0.25) is 0 Å². The summed E-state index contributed by atoms with van der Waals surface area (Å²) in [5.74, 6) is 0.621. The molecule has 0 spiro atoms. The van der Waals surface area contributed by atoms with E-state index < -0.39 is 0 Å². The first-order chi connectivity index (χ1) is 10.4. The molecule has 0 aliphatic rings. The molecule has 0 aromatic heterocycles.